The SMILES string of the molecule is CC(C)C[C@H](NC(c1ccc2c(c1)oc1ccc(N(C)C)cc12)C(F)(F)F)C(=O)O. The lowest BCUT2D eigenvalue weighted by molar-refractivity contribution is -0.163. The van der Waals surface area contributed by atoms with Crippen molar-refractivity contribution in [2.24, 2.45) is 5.92 Å². The molecule has 2 aromatic carbocycles. The van der Waals surface area contributed by atoms with Crippen molar-refractivity contribution in [2.75, 3.05) is 19.0 Å². The summed E-state index contributed by atoms with van der Waals surface area (Å²) in [4.78, 5) is 13.4. The fraction of sp³-hybridized carbons (Fsp3) is 0.409. The van der Waals surface area contributed by atoms with Crippen molar-refractivity contribution in [1.29, 1.82) is 0 Å². The van der Waals surface area contributed by atoms with E-state index in [9.17, 15) is 23.1 Å². The van der Waals surface area contributed by atoms with E-state index in [0.29, 0.717) is 16.6 Å². The van der Waals surface area contributed by atoms with Crippen LogP contribution in [0.3, 0.4) is 0 Å². The molecule has 8 heteroatoms. The fourth-order valence-electron chi connectivity index (χ4n) is 3.53. The summed E-state index contributed by atoms with van der Waals surface area (Å²) in [5.74, 6) is -1.38. The van der Waals surface area contributed by atoms with Gasteiger partial charge in [0.05, 0.1) is 0 Å². The van der Waals surface area contributed by atoms with Gasteiger partial charge in [-0.15, -0.1) is 0 Å². The summed E-state index contributed by atoms with van der Waals surface area (Å²) in [5.41, 5.74) is 1.76. The largest absolute Gasteiger partial charge is 0.480 e. The fourth-order valence-corrected chi connectivity index (χ4v) is 3.53. The van der Waals surface area contributed by atoms with Crippen LogP contribution in [0.2, 0.25) is 0 Å². The molecule has 0 spiro atoms. The van der Waals surface area contributed by atoms with Crippen LogP contribution >= 0.6 is 0 Å². The molecule has 0 bridgehead atoms. The molecule has 0 saturated heterocycles. The molecule has 0 aliphatic heterocycles. The van der Waals surface area contributed by atoms with Crippen LogP contribution in [0.25, 0.3) is 21.9 Å². The normalized spacial score (nSPS) is 14.4. The third kappa shape index (κ3) is 4.53. The van der Waals surface area contributed by atoms with Crippen LogP contribution in [-0.2, 0) is 4.79 Å². The molecule has 162 valence electrons. The monoisotopic (exact) mass is 422 g/mol. The highest BCUT2D eigenvalue weighted by Crippen LogP contribution is 2.37. The maximum atomic E-state index is 13.8. The van der Waals surface area contributed by atoms with Gasteiger partial charge in [-0.3, -0.25) is 10.1 Å². The molecule has 30 heavy (non-hydrogen) atoms. The number of hydrogen-bond acceptors (Lipinski definition) is 4. The number of fused-ring (bicyclic) bond motifs is 3. The van der Waals surface area contributed by atoms with Gasteiger partial charge in [0.2, 0.25) is 0 Å². The summed E-state index contributed by atoms with van der Waals surface area (Å²) in [7, 11) is 3.80. The molecule has 1 aromatic heterocycles. The first-order valence-corrected chi connectivity index (χ1v) is 9.66. The van der Waals surface area contributed by atoms with Gasteiger partial charge in [-0.1, -0.05) is 26.0 Å². The standard InChI is InChI=1S/C22H25F3N2O3/c1-12(2)9-17(21(28)29)26-20(22(23,24)25)13-5-7-15-16-11-14(27(3)4)6-8-18(16)30-19(15)10-13/h5-8,10-12,17,20,26H,9H2,1-4H3,(H,28,29)/t17-,20?/m0/s1. The molecule has 0 amide bonds. The number of hydrogen-bond donors (Lipinski definition) is 2. The Hall–Kier alpha value is -2.74. The van der Waals surface area contributed by atoms with Crippen molar-refractivity contribution in [3.05, 3.63) is 42.0 Å². The lowest BCUT2D eigenvalue weighted by Crippen LogP contribution is -2.45. The van der Waals surface area contributed by atoms with Gasteiger partial charge in [-0.05, 0) is 42.2 Å². The van der Waals surface area contributed by atoms with Crippen LogP contribution in [0.15, 0.2) is 40.8 Å². The first-order valence-electron chi connectivity index (χ1n) is 9.66. The zero-order valence-corrected chi connectivity index (χ0v) is 17.2. The highest BCUT2D eigenvalue weighted by Gasteiger charge is 2.43. The maximum absolute atomic E-state index is 13.8. The lowest BCUT2D eigenvalue weighted by atomic mass is 9.99. The molecule has 1 unspecified atom stereocenters. The molecule has 1 heterocycles. The van der Waals surface area contributed by atoms with E-state index in [4.69, 9.17) is 4.42 Å². The molecule has 3 rings (SSSR count). The zero-order chi connectivity index (χ0) is 22.2. The van der Waals surface area contributed by atoms with E-state index in [1.54, 1.807) is 26.0 Å². The van der Waals surface area contributed by atoms with Crippen LogP contribution in [0, 0.1) is 5.92 Å². The minimum absolute atomic E-state index is 0.0729. The number of nitrogens with zero attached hydrogens (tertiary/aromatic N) is 1. The van der Waals surface area contributed by atoms with Gasteiger partial charge in [0, 0.05) is 30.6 Å². The Balaban J connectivity index is 2.04. The van der Waals surface area contributed by atoms with Crippen molar-refractivity contribution in [1.82, 2.24) is 5.32 Å². The van der Waals surface area contributed by atoms with Crippen molar-refractivity contribution in [3.8, 4) is 0 Å². The average molecular weight is 422 g/mol. The van der Waals surface area contributed by atoms with Crippen molar-refractivity contribution in [3.63, 3.8) is 0 Å². The highest BCUT2D eigenvalue weighted by atomic mass is 19.4. The molecule has 0 fully saturated rings. The quantitative estimate of drug-likeness (QED) is 0.538. The Morgan fingerprint density at radius 3 is 2.37 bits per heavy atom. The summed E-state index contributed by atoms with van der Waals surface area (Å²) in [6, 6.07) is 6.45. The minimum atomic E-state index is -4.66. The number of carboxylic acids is 1. The van der Waals surface area contributed by atoms with E-state index in [0.717, 1.165) is 11.1 Å². The Bertz CT molecular complexity index is 1060. The van der Waals surface area contributed by atoms with Gasteiger partial charge in [-0.25, -0.2) is 0 Å². The van der Waals surface area contributed by atoms with Crippen molar-refractivity contribution in [2.45, 2.75) is 38.5 Å². The smallest absolute Gasteiger partial charge is 0.407 e. The van der Waals surface area contributed by atoms with Crippen LogP contribution in [0.1, 0.15) is 31.9 Å². The summed E-state index contributed by atoms with van der Waals surface area (Å²) < 4.78 is 47.2. The summed E-state index contributed by atoms with van der Waals surface area (Å²) >= 11 is 0. The number of alkyl halides is 3. The number of carboxylic acid groups (broad SMARTS) is 1. The number of nitrogens with one attached hydrogen (secondary N) is 1. The van der Waals surface area contributed by atoms with E-state index in [1.165, 1.54) is 12.1 Å². The second kappa shape index (κ2) is 8.18. The van der Waals surface area contributed by atoms with Crippen LogP contribution in [-0.4, -0.2) is 37.4 Å². The first-order chi connectivity index (χ1) is 14.0. The average Bonchev–Trinajstić information content (AvgIpc) is 3.00. The Kier molecular flexibility index (Phi) is 5.99. The number of aliphatic carboxylic acids is 1. The Morgan fingerprint density at radius 2 is 1.80 bits per heavy atom. The molecule has 3 aromatic rings. The second-order valence-corrected chi connectivity index (χ2v) is 8.09. The van der Waals surface area contributed by atoms with E-state index >= 15 is 0 Å². The van der Waals surface area contributed by atoms with Gasteiger partial charge < -0.3 is 14.4 Å². The molecule has 0 saturated carbocycles. The topological polar surface area (TPSA) is 65.7 Å². The van der Waals surface area contributed by atoms with Gasteiger partial charge in [0.25, 0.3) is 0 Å². The predicted octanol–water partition coefficient (Wildman–Crippen LogP) is 5.34. The molecule has 2 atom stereocenters. The summed E-state index contributed by atoms with van der Waals surface area (Å²) in [6.45, 7) is 3.53. The zero-order valence-electron chi connectivity index (χ0n) is 17.2. The Morgan fingerprint density at radius 1 is 1.10 bits per heavy atom. The predicted molar refractivity (Wildman–Crippen MR) is 111 cm³/mol. The molecule has 2 N–H and O–H groups in total. The van der Waals surface area contributed by atoms with E-state index in [-0.39, 0.29) is 17.9 Å². The molecular weight excluding hydrogens is 397 g/mol. The summed E-state index contributed by atoms with van der Waals surface area (Å²) in [5, 5.41) is 13.2. The van der Waals surface area contributed by atoms with Gasteiger partial charge in [0.1, 0.15) is 23.2 Å². The number of benzene rings is 2. The van der Waals surface area contributed by atoms with Gasteiger partial charge in [-0.2, -0.15) is 13.2 Å². The van der Waals surface area contributed by atoms with Crippen LogP contribution in [0.4, 0.5) is 18.9 Å². The van der Waals surface area contributed by atoms with Gasteiger partial charge >= 0.3 is 12.1 Å². The lowest BCUT2D eigenvalue weighted by Gasteiger charge is -2.26. The van der Waals surface area contributed by atoms with Crippen molar-refractivity contribution < 1.29 is 27.5 Å². The molecule has 0 aliphatic rings. The van der Waals surface area contributed by atoms with Gasteiger partial charge in [0.15, 0.2) is 0 Å². The third-order valence-corrected chi connectivity index (χ3v) is 5.03. The van der Waals surface area contributed by atoms with E-state index < -0.39 is 24.2 Å². The van der Waals surface area contributed by atoms with Crippen LogP contribution in [0.5, 0.6) is 0 Å². The maximum Gasteiger partial charge on any atom is 0.407 e. The molecule has 5 nitrogen and oxygen atoms in total. The molecule has 0 radical (unpaired) electrons. The summed E-state index contributed by atoms with van der Waals surface area (Å²) in [6.07, 6.45) is -4.58. The van der Waals surface area contributed by atoms with E-state index in [2.05, 4.69) is 5.32 Å². The number of carbonyl (C=O) groups is 1. The number of rotatable bonds is 7. The Labute approximate surface area is 172 Å². The second-order valence-electron chi connectivity index (χ2n) is 8.09. The number of anilines is 1. The molecule has 0 aliphatic carbocycles. The van der Waals surface area contributed by atoms with Crippen molar-refractivity contribution >= 4 is 33.6 Å². The number of furan rings is 1. The highest BCUT2D eigenvalue weighted by molar-refractivity contribution is 6.06. The first kappa shape index (κ1) is 22.0. The minimum Gasteiger partial charge on any atom is -0.480 e. The van der Waals surface area contributed by atoms with E-state index in [1.807, 2.05) is 31.1 Å². The number of halogens is 3. The van der Waals surface area contributed by atoms with Crippen LogP contribution < -0.4 is 10.2 Å². The third-order valence-electron chi connectivity index (χ3n) is 5.03. The molecular formula is C22H25F3N2O3.